The van der Waals surface area contributed by atoms with E-state index in [4.69, 9.17) is 0 Å². The molecule has 1 saturated heterocycles. The van der Waals surface area contributed by atoms with Gasteiger partial charge in [-0.25, -0.2) is 26.7 Å². The maximum absolute atomic E-state index is 13.3. The van der Waals surface area contributed by atoms with Crippen molar-refractivity contribution in [1.82, 2.24) is 20.3 Å². The Morgan fingerprint density at radius 1 is 1.21 bits per heavy atom. The van der Waals surface area contributed by atoms with E-state index < -0.39 is 27.2 Å². The highest BCUT2D eigenvalue weighted by Gasteiger charge is 2.24. The summed E-state index contributed by atoms with van der Waals surface area (Å²) in [6.07, 6.45) is 2.55. The number of carbonyl (C=O) groups is 1. The van der Waals surface area contributed by atoms with Crippen molar-refractivity contribution in [3.05, 3.63) is 35.4 Å². The number of nitrogens with one attached hydrogen (secondary N) is 3. The van der Waals surface area contributed by atoms with Gasteiger partial charge in [0.05, 0.1) is 6.26 Å². The lowest BCUT2D eigenvalue weighted by atomic mass is 10.0. The Morgan fingerprint density at radius 2 is 1.86 bits per heavy atom. The predicted molar refractivity (Wildman–Crippen MR) is 103 cm³/mol. The molecular weight excluding hydrogens is 390 g/mol. The number of piperidine rings is 1. The van der Waals surface area contributed by atoms with Crippen LogP contribution in [0.4, 0.5) is 13.6 Å². The minimum absolute atomic E-state index is 0.00665. The lowest BCUT2D eigenvalue weighted by Crippen LogP contribution is -2.54. The molecule has 0 saturated carbocycles. The molecule has 3 N–H and O–H groups in total. The van der Waals surface area contributed by atoms with Gasteiger partial charge in [0.1, 0.15) is 0 Å². The lowest BCUT2D eigenvalue weighted by Gasteiger charge is -2.32. The van der Waals surface area contributed by atoms with Crippen molar-refractivity contribution in [2.45, 2.75) is 44.8 Å². The zero-order chi connectivity index (χ0) is 20.9. The first-order chi connectivity index (χ1) is 12.9. The molecule has 1 aliphatic rings. The van der Waals surface area contributed by atoms with Crippen LogP contribution in [-0.4, -0.2) is 56.8 Å². The van der Waals surface area contributed by atoms with Crippen LogP contribution in [-0.2, 0) is 16.6 Å². The Morgan fingerprint density at radius 3 is 2.43 bits per heavy atom. The summed E-state index contributed by atoms with van der Waals surface area (Å²) in [6.45, 7) is 5.51. The van der Waals surface area contributed by atoms with Gasteiger partial charge in [0.25, 0.3) is 0 Å². The summed E-state index contributed by atoms with van der Waals surface area (Å²) in [5, 5.41) is 5.58. The summed E-state index contributed by atoms with van der Waals surface area (Å²) in [5.74, 6) is -1.70. The van der Waals surface area contributed by atoms with E-state index in [2.05, 4.69) is 20.3 Å². The predicted octanol–water partition coefficient (Wildman–Crippen LogP) is 1.56. The number of urea groups is 1. The lowest BCUT2D eigenvalue weighted by molar-refractivity contribution is 0.186. The second-order valence-electron chi connectivity index (χ2n) is 7.88. The highest BCUT2D eigenvalue weighted by molar-refractivity contribution is 7.88. The molecule has 1 aromatic rings. The van der Waals surface area contributed by atoms with Crippen molar-refractivity contribution < 1.29 is 22.0 Å². The van der Waals surface area contributed by atoms with Crippen molar-refractivity contribution in [1.29, 1.82) is 0 Å². The fourth-order valence-corrected chi connectivity index (χ4v) is 4.28. The summed E-state index contributed by atoms with van der Waals surface area (Å²) in [4.78, 5) is 14.2. The summed E-state index contributed by atoms with van der Waals surface area (Å²) in [7, 11) is -3.37. The summed E-state index contributed by atoms with van der Waals surface area (Å²) >= 11 is 0. The van der Waals surface area contributed by atoms with Crippen molar-refractivity contribution in [3.8, 4) is 0 Å². The van der Waals surface area contributed by atoms with E-state index in [9.17, 15) is 22.0 Å². The first-order valence-electron chi connectivity index (χ1n) is 9.13. The zero-order valence-electron chi connectivity index (χ0n) is 16.4. The fraction of sp³-hybridized carbons (Fsp3) is 0.611. The SMILES string of the molecule is CC(C)(CNC(=O)NC1CCN(Cc2ccc(F)c(F)c2)CC1)NS(C)(=O)=O. The molecule has 28 heavy (non-hydrogen) atoms. The molecule has 0 aliphatic carbocycles. The molecule has 1 heterocycles. The number of nitrogens with zero attached hydrogens (tertiary/aromatic N) is 1. The largest absolute Gasteiger partial charge is 0.336 e. The number of rotatable bonds is 7. The molecule has 2 rings (SSSR count). The summed E-state index contributed by atoms with van der Waals surface area (Å²) in [6, 6.07) is 3.57. The number of likely N-dealkylation sites (tertiary alicyclic amines) is 1. The molecule has 0 radical (unpaired) electrons. The maximum Gasteiger partial charge on any atom is 0.315 e. The molecule has 7 nitrogen and oxygen atoms in total. The van der Waals surface area contributed by atoms with Gasteiger partial charge in [-0.3, -0.25) is 4.90 Å². The van der Waals surface area contributed by atoms with E-state index >= 15 is 0 Å². The number of sulfonamides is 1. The molecule has 158 valence electrons. The van der Waals surface area contributed by atoms with Gasteiger partial charge in [0, 0.05) is 37.8 Å². The van der Waals surface area contributed by atoms with E-state index in [1.165, 1.54) is 6.07 Å². The molecule has 1 aliphatic heterocycles. The van der Waals surface area contributed by atoms with Crippen LogP contribution in [0.5, 0.6) is 0 Å². The number of halogens is 2. The van der Waals surface area contributed by atoms with Gasteiger partial charge in [-0.2, -0.15) is 0 Å². The first kappa shape index (κ1) is 22.5. The molecule has 0 spiro atoms. The minimum Gasteiger partial charge on any atom is -0.336 e. The molecule has 0 atom stereocenters. The van der Waals surface area contributed by atoms with Crippen molar-refractivity contribution in [2.75, 3.05) is 25.9 Å². The second kappa shape index (κ2) is 9.15. The number of carbonyl (C=O) groups excluding carboxylic acids is 1. The number of hydrogen-bond acceptors (Lipinski definition) is 4. The van der Waals surface area contributed by atoms with Crippen LogP contribution in [0.15, 0.2) is 18.2 Å². The topological polar surface area (TPSA) is 90.5 Å². The summed E-state index contributed by atoms with van der Waals surface area (Å²) < 4.78 is 51.4. The zero-order valence-corrected chi connectivity index (χ0v) is 17.2. The van der Waals surface area contributed by atoms with E-state index in [1.807, 2.05) is 0 Å². The van der Waals surface area contributed by atoms with Crippen LogP contribution in [0.25, 0.3) is 0 Å². The number of amides is 2. The highest BCUT2D eigenvalue weighted by atomic mass is 32.2. The quantitative estimate of drug-likeness (QED) is 0.627. The standard InChI is InChI=1S/C18H28F2N4O3S/c1-18(2,23-28(3,26)27)12-21-17(25)22-14-6-8-24(9-7-14)11-13-4-5-15(19)16(20)10-13/h4-5,10,14,23H,6-9,11-12H2,1-3H3,(H2,21,22,25). The van der Waals surface area contributed by atoms with Gasteiger partial charge in [-0.1, -0.05) is 6.07 Å². The molecule has 0 aromatic heterocycles. The average molecular weight is 419 g/mol. The molecule has 1 aromatic carbocycles. The third-order valence-electron chi connectivity index (χ3n) is 4.47. The first-order valence-corrected chi connectivity index (χ1v) is 11.0. The van der Waals surface area contributed by atoms with E-state index in [0.29, 0.717) is 12.1 Å². The van der Waals surface area contributed by atoms with Gasteiger partial charge in [0.2, 0.25) is 10.0 Å². The molecule has 0 bridgehead atoms. The number of benzene rings is 1. The molecular formula is C18H28F2N4O3S. The molecule has 2 amide bonds. The van der Waals surface area contributed by atoms with Crippen LogP contribution < -0.4 is 15.4 Å². The van der Waals surface area contributed by atoms with Gasteiger partial charge in [0.15, 0.2) is 11.6 Å². The third-order valence-corrected chi connectivity index (χ3v) is 5.39. The Labute approximate surface area is 164 Å². The van der Waals surface area contributed by atoms with Crippen LogP contribution in [0.2, 0.25) is 0 Å². The van der Waals surface area contributed by atoms with Crippen LogP contribution in [0.3, 0.4) is 0 Å². The van der Waals surface area contributed by atoms with Crippen LogP contribution >= 0.6 is 0 Å². The average Bonchev–Trinajstić information content (AvgIpc) is 2.56. The monoisotopic (exact) mass is 418 g/mol. The van der Waals surface area contributed by atoms with E-state index in [1.54, 1.807) is 19.9 Å². The molecule has 0 unspecified atom stereocenters. The normalized spacial score (nSPS) is 16.8. The smallest absolute Gasteiger partial charge is 0.315 e. The van der Waals surface area contributed by atoms with E-state index in [-0.39, 0.29) is 18.6 Å². The third kappa shape index (κ3) is 7.69. The van der Waals surface area contributed by atoms with Crippen LogP contribution in [0, 0.1) is 11.6 Å². The Kier molecular flexibility index (Phi) is 7.35. The summed E-state index contributed by atoms with van der Waals surface area (Å²) in [5.41, 5.74) is -0.0812. The van der Waals surface area contributed by atoms with Crippen molar-refractivity contribution in [3.63, 3.8) is 0 Å². The van der Waals surface area contributed by atoms with Gasteiger partial charge in [-0.05, 0) is 44.4 Å². The highest BCUT2D eigenvalue weighted by Crippen LogP contribution is 2.16. The van der Waals surface area contributed by atoms with E-state index in [0.717, 1.165) is 38.3 Å². The Hall–Kier alpha value is -1.78. The fourth-order valence-electron chi connectivity index (χ4n) is 3.21. The molecule has 1 fully saturated rings. The van der Waals surface area contributed by atoms with Gasteiger partial charge < -0.3 is 10.6 Å². The Bertz CT molecular complexity index is 794. The maximum atomic E-state index is 13.3. The second-order valence-corrected chi connectivity index (χ2v) is 9.63. The van der Waals surface area contributed by atoms with Gasteiger partial charge >= 0.3 is 6.03 Å². The minimum atomic E-state index is -3.37. The van der Waals surface area contributed by atoms with Crippen molar-refractivity contribution >= 4 is 16.1 Å². The van der Waals surface area contributed by atoms with Crippen molar-refractivity contribution in [2.24, 2.45) is 0 Å². The van der Waals surface area contributed by atoms with Gasteiger partial charge in [-0.15, -0.1) is 0 Å². The van der Waals surface area contributed by atoms with Crippen LogP contribution in [0.1, 0.15) is 32.3 Å². The molecule has 10 heteroatoms. The Balaban J connectivity index is 1.73. The number of hydrogen-bond donors (Lipinski definition) is 3.